The highest BCUT2D eigenvalue weighted by Gasteiger charge is 2.29. The lowest BCUT2D eigenvalue weighted by atomic mass is 10.2. The molecule has 120 valence electrons. The van der Waals surface area contributed by atoms with Crippen LogP contribution in [0.5, 0.6) is 0 Å². The van der Waals surface area contributed by atoms with Gasteiger partial charge in [-0.1, -0.05) is 0 Å². The van der Waals surface area contributed by atoms with Gasteiger partial charge in [0.15, 0.2) is 0 Å². The summed E-state index contributed by atoms with van der Waals surface area (Å²) in [6.07, 6.45) is 2.49. The Morgan fingerprint density at radius 1 is 1.26 bits per heavy atom. The van der Waals surface area contributed by atoms with E-state index in [2.05, 4.69) is 11.2 Å². The van der Waals surface area contributed by atoms with Crippen molar-refractivity contribution < 1.29 is 9.18 Å². The predicted molar refractivity (Wildman–Crippen MR) is 86.7 cm³/mol. The highest BCUT2D eigenvalue weighted by atomic mass is 32.2. The molecule has 0 bridgehead atoms. The number of amides is 1. The fourth-order valence-corrected chi connectivity index (χ4v) is 3.65. The van der Waals surface area contributed by atoms with Gasteiger partial charge < -0.3 is 4.90 Å². The van der Waals surface area contributed by atoms with Crippen molar-refractivity contribution in [3.8, 4) is 0 Å². The lowest BCUT2D eigenvalue weighted by molar-refractivity contribution is -0.129. The molecule has 1 amide bonds. The quantitative estimate of drug-likeness (QED) is 0.808. The fraction of sp³-hybridized carbons (Fsp3) is 0.412. The third kappa shape index (κ3) is 3.27. The Hall–Kier alpha value is -1.82. The molecule has 1 saturated carbocycles. The van der Waals surface area contributed by atoms with Crippen LogP contribution in [0.2, 0.25) is 0 Å². The molecule has 0 saturated heterocycles. The smallest absolute Gasteiger partial charge is 0.233 e. The average molecular weight is 331 g/mol. The Kier molecular flexibility index (Phi) is 3.85. The molecule has 1 aliphatic carbocycles. The molecule has 4 rings (SSSR count). The first-order valence-corrected chi connectivity index (χ1v) is 8.90. The summed E-state index contributed by atoms with van der Waals surface area (Å²) in [5.41, 5.74) is 2.33. The summed E-state index contributed by atoms with van der Waals surface area (Å²) in [5.74, 6) is 0.900. The molecule has 0 unspecified atom stereocenters. The lowest BCUT2D eigenvalue weighted by Crippen LogP contribution is -2.39. The van der Waals surface area contributed by atoms with E-state index in [0.29, 0.717) is 24.8 Å². The Morgan fingerprint density at radius 3 is 2.78 bits per heavy atom. The molecule has 0 atom stereocenters. The molecule has 1 aliphatic heterocycles. The maximum atomic E-state index is 12.9. The van der Waals surface area contributed by atoms with Crippen LogP contribution in [-0.4, -0.2) is 32.9 Å². The molecular formula is C17H18FN3OS. The number of carbonyl (C=O) groups excluding carboxylic acids is 1. The second-order valence-electron chi connectivity index (χ2n) is 6.12. The van der Waals surface area contributed by atoms with E-state index in [4.69, 9.17) is 0 Å². The second kappa shape index (κ2) is 6.00. The van der Waals surface area contributed by atoms with Crippen LogP contribution in [0.3, 0.4) is 0 Å². The first-order chi connectivity index (χ1) is 11.2. The van der Waals surface area contributed by atoms with Gasteiger partial charge in [0.2, 0.25) is 5.91 Å². The van der Waals surface area contributed by atoms with E-state index in [9.17, 15) is 9.18 Å². The largest absolute Gasteiger partial charge is 0.334 e. The van der Waals surface area contributed by atoms with Crippen LogP contribution in [0.1, 0.15) is 30.1 Å². The third-order valence-corrected chi connectivity index (χ3v) is 5.34. The summed E-state index contributed by atoms with van der Waals surface area (Å²) in [5, 5.41) is 4.65. The van der Waals surface area contributed by atoms with Gasteiger partial charge in [-0.3, -0.25) is 9.48 Å². The van der Waals surface area contributed by atoms with Gasteiger partial charge in [-0.15, -0.1) is 11.8 Å². The molecule has 1 fully saturated rings. The van der Waals surface area contributed by atoms with Gasteiger partial charge in [-0.25, -0.2) is 4.39 Å². The zero-order valence-electron chi connectivity index (χ0n) is 12.7. The van der Waals surface area contributed by atoms with Crippen molar-refractivity contribution in [2.45, 2.75) is 36.7 Å². The molecule has 0 radical (unpaired) electrons. The van der Waals surface area contributed by atoms with Crippen LogP contribution in [-0.2, 0) is 17.9 Å². The lowest BCUT2D eigenvalue weighted by Gasteiger charge is -2.27. The Labute approximate surface area is 138 Å². The topological polar surface area (TPSA) is 38.1 Å². The molecule has 6 heteroatoms. The maximum Gasteiger partial charge on any atom is 0.233 e. The maximum absolute atomic E-state index is 12.9. The minimum atomic E-state index is -0.253. The van der Waals surface area contributed by atoms with Gasteiger partial charge in [0.05, 0.1) is 30.2 Å². The van der Waals surface area contributed by atoms with Gasteiger partial charge in [-0.05, 0) is 43.2 Å². The molecule has 2 heterocycles. The highest BCUT2D eigenvalue weighted by Crippen LogP contribution is 2.39. The van der Waals surface area contributed by atoms with Gasteiger partial charge in [0.1, 0.15) is 5.82 Å². The second-order valence-corrected chi connectivity index (χ2v) is 7.16. The minimum Gasteiger partial charge on any atom is -0.334 e. The number of hydrogen-bond donors (Lipinski definition) is 0. The van der Waals surface area contributed by atoms with Crippen molar-refractivity contribution >= 4 is 17.7 Å². The third-order valence-electron chi connectivity index (χ3n) is 4.34. The summed E-state index contributed by atoms with van der Waals surface area (Å²) in [6, 6.07) is 8.42. The number of aromatic nitrogens is 2. The summed E-state index contributed by atoms with van der Waals surface area (Å²) in [7, 11) is 0. The van der Waals surface area contributed by atoms with Crippen LogP contribution in [0.4, 0.5) is 4.39 Å². The van der Waals surface area contributed by atoms with Gasteiger partial charge in [0.25, 0.3) is 0 Å². The number of benzene rings is 1. The molecule has 0 spiro atoms. The molecule has 2 aliphatic rings. The van der Waals surface area contributed by atoms with E-state index in [-0.39, 0.29) is 11.7 Å². The van der Waals surface area contributed by atoms with Crippen molar-refractivity contribution in [3.05, 3.63) is 47.5 Å². The molecule has 23 heavy (non-hydrogen) atoms. The predicted octanol–water partition coefficient (Wildman–Crippen LogP) is 3.03. The van der Waals surface area contributed by atoms with Crippen molar-refractivity contribution in [2.24, 2.45) is 0 Å². The summed E-state index contributed by atoms with van der Waals surface area (Å²) in [6.45, 7) is 2.12. The van der Waals surface area contributed by atoms with E-state index >= 15 is 0 Å². The fourth-order valence-electron chi connectivity index (χ4n) is 2.85. The number of rotatable bonds is 4. The number of nitrogens with zero attached hydrogens (tertiary/aromatic N) is 3. The first kappa shape index (κ1) is 14.8. The molecule has 0 N–H and O–H groups in total. The average Bonchev–Trinajstić information content (AvgIpc) is 3.33. The van der Waals surface area contributed by atoms with E-state index in [1.165, 1.54) is 42.4 Å². The van der Waals surface area contributed by atoms with Crippen molar-refractivity contribution in [1.82, 2.24) is 14.7 Å². The molecular weight excluding hydrogens is 313 g/mol. The minimum absolute atomic E-state index is 0.125. The standard InChI is InChI=1S/C17H18FN3OS/c18-13-3-5-15(6-4-13)23-11-17(22)20-7-8-21-14(10-20)9-16(19-21)12-1-2-12/h3-6,9,12H,1-2,7-8,10-11H2. The Morgan fingerprint density at radius 2 is 2.04 bits per heavy atom. The zero-order chi connectivity index (χ0) is 15.8. The summed E-state index contributed by atoms with van der Waals surface area (Å²) in [4.78, 5) is 15.2. The number of carbonyl (C=O) groups is 1. The Bertz CT molecular complexity index is 724. The zero-order valence-corrected chi connectivity index (χ0v) is 13.6. The highest BCUT2D eigenvalue weighted by molar-refractivity contribution is 8.00. The van der Waals surface area contributed by atoms with Crippen LogP contribution in [0, 0.1) is 5.82 Å². The van der Waals surface area contributed by atoms with Gasteiger partial charge in [0, 0.05) is 17.4 Å². The van der Waals surface area contributed by atoms with Crippen molar-refractivity contribution in [3.63, 3.8) is 0 Å². The molecule has 1 aromatic carbocycles. The number of halogens is 1. The first-order valence-electron chi connectivity index (χ1n) is 7.92. The summed E-state index contributed by atoms with van der Waals surface area (Å²) >= 11 is 1.45. The molecule has 2 aromatic rings. The monoisotopic (exact) mass is 331 g/mol. The van der Waals surface area contributed by atoms with E-state index in [0.717, 1.165) is 17.1 Å². The van der Waals surface area contributed by atoms with Crippen molar-refractivity contribution in [1.29, 1.82) is 0 Å². The number of thioether (sulfide) groups is 1. The van der Waals surface area contributed by atoms with Gasteiger partial charge in [-0.2, -0.15) is 5.10 Å². The number of hydrogen-bond acceptors (Lipinski definition) is 3. The van der Waals surface area contributed by atoms with Crippen LogP contribution >= 0.6 is 11.8 Å². The Balaban J connectivity index is 1.36. The normalized spacial score (nSPS) is 17.2. The van der Waals surface area contributed by atoms with E-state index in [1.807, 2.05) is 9.58 Å². The van der Waals surface area contributed by atoms with Gasteiger partial charge >= 0.3 is 0 Å². The SMILES string of the molecule is O=C(CSc1ccc(F)cc1)N1CCn2nc(C3CC3)cc2C1. The van der Waals surface area contributed by atoms with Crippen LogP contribution in [0.15, 0.2) is 35.2 Å². The molecule has 1 aromatic heterocycles. The molecule has 4 nitrogen and oxygen atoms in total. The number of fused-ring (bicyclic) bond motifs is 1. The van der Waals surface area contributed by atoms with Crippen molar-refractivity contribution in [2.75, 3.05) is 12.3 Å². The van der Waals surface area contributed by atoms with E-state index < -0.39 is 0 Å². The van der Waals surface area contributed by atoms with Crippen LogP contribution < -0.4 is 0 Å². The summed E-state index contributed by atoms with van der Waals surface area (Å²) < 4.78 is 14.9. The van der Waals surface area contributed by atoms with E-state index in [1.54, 1.807) is 12.1 Å². The van der Waals surface area contributed by atoms with Crippen LogP contribution in [0.25, 0.3) is 0 Å².